The molecule has 33 heavy (non-hydrogen) atoms. The van der Waals surface area contributed by atoms with E-state index in [0.29, 0.717) is 17.7 Å². The first-order valence-corrected chi connectivity index (χ1v) is 10.7. The van der Waals surface area contributed by atoms with Crippen LogP contribution >= 0.6 is 0 Å². The van der Waals surface area contributed by atoms with Crippen LogP contribution in [0.1, 0.15) is 50.4 Å². The lowest BCUT2D eigenvalue weighted by Crippen LogP contribution is -2.50. The van der Waals surface area contributed by atoms with Crippen LogP contribution in [0.3, 0.4) is 0 Å². The fourth-order valence-electron chi connectivity index (χ4n) is 3.17. The first kappa shape index (κ1) is 25.5. The summed E-state index contributed by atoms with van der Waals surface area (Å²) in [6, 6.07) is 14.5. The Morgan fingerprint density at radius 2 is 1.67 bits per heavy atom. The van der Waals surface area contributed by atoms with Crippen molar-refractivity contribution in [1.29, 1.82) is 0 Å². The number of hydrogen-bond acceptors (Lipinski definition) is 4. The molecule has 0 saturated carbocycles. The van der Waals surface area contributed by atoms with E-state index in [1.807, 2.05) is 30.3 Å². The summed E-state index contributed by atoms with van der Waals surface area (Å²) in [6.07, 6.45) is 4.73. The number of likely N-dealkylation sites (N-methyl/N-ethyl adjacent to an activating group) is 1. The maximum atomic E-state index is 13.2. The average Bonchev–Trinajstić information content (AvgIpc) is 2.77. The number of ether oxygens (including phenoxy) is 1. The number of carbonyl (C=O) groups excluding carboxylic acids is 3. The van der Waals surface area contributed by atoms with Gasteiger partial charge >= 0.3 is 6.09 Å². The molecule has 0 spiro atoms. The highest BCUT2D eigenvalue weighted by molar-refractivity contribution is 5.91. The van der Waals surface area contributed by atoms with E-state index in [-0.39, 0.29) is 5.91 Å². The summed E-state index contributed by atoms with van der Waals surface area (Å²) < 4.78 is 5.23. The molecule has 7 nitrogen and oxygen atoms in total. The Balaban J connectivity index is 2.21. The van der Waals surface area contributed by atoms with Crippen LogP contribution in [0.4, 0.5) is 4.79 Å². The van der Waals surface area contributed by atoms with Gasteiger partial charge in [-0.1, -0.05) is 48.4 Å². The maximum absolute atomic E-state index is 13.2. The third kappa shape index (κ3) is 7.69. The Morgan fingerprint density at radius 1 is 1.06 bits per heavy atom. The number of nitrogens with one attached hydrogen (secondary N) is 2. The average molecular weight is 450 g/mol. The van der Waals surface area contributed by atoms with Crippen LogP contribution in [0.15, 0.2) is 54.6 Å². The van der Waals surface area contributed by atoms with Crippen molar-refractivity contribution in [3.05, 3.63) is 71.3 Å². The van der Waals surface area contributed by atoms with Crippen LogP contribution in [0, 0.1) is 12.3 Å². The fourth-order valence-corrected chi connectivity index (χ4v) is 3.17. The minimum atomic E-state index is -0.920. The number of carbonyl (C=O) groups is 3. The minimum absolute atomic E-state index is 0.312. The molecule has 2 aromatic rings. The van der Waals surface area contributed by atoms with Crippen molar-refractivity contribution < 1.29 is 19.1 Å². The Bertz CT molecular complexity index is 1000. The Morgan fingerprint density at radius 3 is 2.21 bits per heavy atom. The van der Waals surface area contributed by atoms with Gasteiger partial charge in [0.15, 0.2) is 0 Å². The number of rotatable bonds is 7. The summed E-state index contributed by atoms with van der Waals surface area (Å²) >= 11 is 0. The predicted molar refractivity (Wildman–Crippen MR) is 127 cm³/mol. The van der Waals surface area contributed by atoms with Gasteiger partial charge in [0.05, 0.1) is 0 Å². The normalized spacial score (nSPS) is 12.6. The number of terminal acetylenes is 1. The van der Waals surface area contributed by atoms with Gasteiger partial charge in [0.1, 0.15) is 17.7 Å². The maximum Gasteiger partial charge on any atom is 0.408 e. The molecule has 3 amide bonds. The summed E-state index contributed by atoms with van der Waals surface area (Å²) in [6.45, 7) is 7.06. The van der Waals surface area contributed by atoms with Crippen molar-refractivity contribution in [2.75, 3.05) is 7.05 Å². The Hall–Kier alpha value is -3.79. The second kappa shape index (κ2) is 11.2. The first-order chi connectivity index (χ1) is 15.5. The number of alkyl carbamates (subject to hydrolysis) is 1. The second-order valence-electron chi connectivity index (χ2n) is 8.69. The molecule has 174 valence electrons. The van der Waals surface area contributed by atoms with Crippen molar-refractivity contribution in [2.24, 2.45) is 0 Å². The molecule has 2 atom stereocenters. The number of hydrogen-bond donors (Lipinski definition) is 2. The molecule has 2 rings (SSSR count). The van der Waals surface area contributed by atoms with Crippen molar-refractivity contribution >= 4 is 17.9 Å². The van der Waals surface area contributed by atoms with Gasteiger partial charge in [-0.25, -0.2) is 4.79 Å². The third-order valence-corrected chi connectivity index (χ3v) is 4.79. The standard InChI is InChI=1S/C26H31N3O4/c1-7-19-13-15-21(16-14-19)22(23(30)27-17-20-11-9-8-10-12-20)29(6)24(31)18(2)28-25(32)33-26(3,4)5/h1,8-16,18,22H,17H2,2-6H3,(H,27,30)(H,28,32). The lowest BCUT2D eigenvalue weighted by Gasteiger charge is -2.30. The Labute approximate surface area is 195 Å². The molecule has 0 aliphatic heterocycles. The zero-order chi connectivity index (χ0) is 24.6. The monoisotopic (exact) mass is 449 g/mol. The van der Waals surface area contributed by atoms with E-state index < -0.39 is 29.7 Å². The van der Waals surface area contributed by atoms with Gasteiger partial charge in [0, 0.05) is 19.2 Å². The van der Waals surface area contributed by atoms with Gasteiger partial charge in [-0.15, -0.1) is 6.42 Å². The second-order valence-corrected chi connectivity index (χ2v) is 8.69. The molecule has 0 radical (unpaired) electrons. The highest BCUT2D eigenvalue weighted by Crippen LogP contribution is 2.22. The highest BCUT2D eigenvalue weighted by atomic mass is 16.6. The Kier molecular flexibility index (Phi) is 8.63. The zero-order valence-corrected chi connectivity index (χ0v) is 19.7. The van der Waals surface area contributed by atoms with Crippen LogP contribution < -0.4 is 10.6 Å². The van der Waals surface area contributed by atoms with E-state index in [0.717, 1.165) is 5.56 Å². The molecule has 0 fully saturated rings. The zero-order valence-electron chi connectivity index (χ0n) is 19.7. The molecule has 2 aromatic carbocycles. The number of benzene rings is 2. The molecule has 0 aliphatic rings. The number of amides is 3. The summed E-state index contributed by atoms with van der Waals surface area (Å²) in [7, 11) is 1.53. The van der Waals surface area contributed by atoms with Crippen molar-refractivity contribution in [2.45, 2.75) is 51.9 Å². The predicted octanol–water partition coefficient (Wildman–Crippen LogP) is 3.40. The van der Waals surface area contributed by atoms with Crippen LogP contribution in [0.2, 0.25) is 0 Å². The van der Waals surface area contributed by atoms with E-state index in [1.54, 1.807) is 52.0 Å². The van der Waals surface area contributed by atoms with E-state index in [1.165, 1.54) is 11.9 Å². The van der Waals surface area contributed by atoms with Gasteiger partial charge in [0.25, 0.3) is 0 Å². The van der Waals surface area contributed by atoms with Crippen LogP contribution in [-0.4, -0.2) is 41.5 Å². The topological polar surface area (TPSA) is 87.7 Å². The van der Waals surface area contributed by atoms with E-state index in [4.69, 9.17) is 11.2 Å². The molecule has 0 saturated heterocycles. The quantitative estimate of drug-likeness (QED) is 0.635. The molecule has 0 bridgehead atoms. The van der Waals surface area contributed by atoms with Crippen molar-refractivity contribution in [3.63, 3.8) is 0 Å². The summed E-state index contributed by atoms with van der Waals surface area (Å²) in [5, 5.41) is 5.42. The number of nitrogens with zero attached hydrogens (tertiary/aromatic N) is 1. The SMILES string of the molecule is C#Cc1ccc(C(C(=O)NCc2ccccc2)N(C)C(=O)C(C)NC(=O)OC(C)(C)C)cc1. The highest BCUT2D eigenvalue weighted by Gasteiger charge is 2.32. The van der Waals surface area contributed by atoms with E-state index in [2.05, 4.69) is 16.6 Å². The lowest BCUT2D eigenvalue weighted by molar-refractivity contribution is -0.140. The van der Waals surface area contributed by atoms with Crippen LogP contribution in [0.25, 0.3) is 0 Å². The lowest BCUT2D eigenvalue weighted by atomic mass is 10.0. The minimum Gasteiger partial charge on any atom is -0.444 e. The van der Waals surface area contributed by atoms with Gasteiger partial charge < -0.3 is 20.3 Å². The van der Waals surface area contributed by atoms with E-state index >= 15 is 0 Å². The molecule has 2 unspecified atom stereocenters. The van der Waals surface area contributed by atoms with Gasteiger partial charge in [-0.05, 0) is 51.0 Å². The molecule has 0 aromatic heterocycles. The molecule has 7 heteroatoms. The van der Waals surface area contributed by atoms with Crippen LogP contribution in [0.5, 0.6) is 0 Å². The molecular formula is C26H31N3O4. The largest absolute Gasteiger partial charge is 0.444 e. The third-order valence-electron chi connectivity index (χ3n) is 4.79. The van der Waals surface area contributed by atoms with Crippen molar-refractivity contribution in [3.8, 4) is 12.3 Å². The summed E-state index contributed by atoms with van der Waals surface area (Å²) in [4.78, 5) is 39.7. The summed E-state index contributed by atoms with van der Waals surface area (Å²) in [5.41, 5.74) is 1.49. The first-order valence-electron chi connectivity index (χ1n) is 10.7. The fraction of sp³-hybridized carbons (Fsp3) is 0.346. The van der Waals surface area contributed by atoms with E-state index in [9.17, 15) is 14.4 Å². The van der Waals surface area contributed by atoms with Gasteiger partial charge in [-0.2, -0.15) is 0 Å². The van der Waals surface area contributed by atoms with Gasteiger partial charge in [0.2, 0.25) is 11.8 Å². The summed E-state index contributed by atoms with van der Waals surface area (Å²) in [5.74, 6) is 1.74. The molecule has 0 aliphatic carbocycles. The van der Waals surface area contributed by atoms with Gasteiger partial charge in [-0.3, -0.25) is 9.59 Å². The molecular weight excluding hydrogens is 418 g/mol. The molecule has 2 N–H and O–H groups in total. The van der Waals surface area contributed by atoms with Crippen molar-refractivity contribution in [1.82, 2.24) is 15.5 Å². The van der Waals surface area contributed by atoms with Crippen LogP contribution in [-0.2, 0) is 20.9 Å². The smallest absolute Gasteiger partial charge is 0.408 e. The molecule has 0 heterocycles.